The number of methoxy groups -OCH3 is 1. The number of nitrogens with zero attached hydrogens (tertiary/aromatic N) is 2. The van der Waals surface area contributed by atoms with Crippen molar-refractivity contribution in [1.82, 2.24) is 15.1 Å². The molecule has 21 heavy (non-hydrogen) atoms. The summed E-state index contributed by atoms with van der Waals surface area (Å²) in [4.78, 5) is 0. The molecule has 1 unspecified atom stereocenters. The Kier molecular flexibility index (Phi) is 5.36. The SMILES string of the molecule is CCCNC(c1ccc(F)c(Br)c1)c1c(OC)cnn1C. The molecule has 0 fully saturated rings. The van der Waals surface area contributed by atoms with Crippen molar-refractivity contribution in [2.75, 3.05) is 13.7 Å². The van der Waals surface area contributed by atoms with Gasteiger partial charge in [0, 0.05) is 7.05 Å². The summed E-state index contributed by atoms with van der Waals surface area (Å²) in [6.45, 7) is 2.94. The van der Waals surface area contributed by atoms with E-state index in [1.165, 1.54) is 6.07 Å². The van der Waals surface area contributed by atoms with Gasteiger partial charge in [0.1, 0.15) is 11.5 Å². The highest BCUT2D eigenvalue weighted by Gasteiger charge is 2.22. The summed E-state index contributed by atoms with van der Waals surface area (Å²) < 4.78 is 21.1. The van der Waals surface area contributed by atoms with Crippen molar-refractivity contribution < 1.29 is 9.13 Å². The van der Waals surface area contributed by atoms with Crippen molar-refractivity contribution in [3.05, 3.63) is 45.9 Å². The molecule has 1 aromatic heterocycles. The van der Waals surface area contributed by atoms with Crippen LogP contribution in [-0.4, -0.2) is 23.4 Å². The number of hydrogen-bond donors (Lipinski definition) is 1. The molecule has 0 aliphatic rings. The Morgan fingerprint density at radius 1 is 1.48 bits per heavy atom. The summed E-state index contributed by atoms with van der Waals surface area (Å²) in [5.41, 5.74) is 1.88. The molecule has 1 N–H and O–H groups in total. The predicted octanol–water partition coefficient (Wildman–Crippen LogP) is 3.42. The standard InChI is InChI=1S/C15H19BrFN3O/c1-4-7-18-14(10-5-6-12(17)11(16)8-10)15-13(21-3)9-19-20(15)2/h5-6,8-9,14,18H,4,7H2,1-3H3. The molecule has 0 bridgehead atoms. The molecule has 114 valence electrons. The highest BCUT2D eigenvalue weighted by atomic mass is 79.9. The molecule has 6 heteroatoms. The quantitative estimate of drug-likeness (QED) is 0.862. The molecular formula is C15H19BrFN3O. The summed E-state index contributed by atoms with van der Waals surface area (Å²) in [5.74, 6) is 0.441. The van der Waals surface area contributed by atoms with Crippen LogP contribution >= 0.6 is 15.9 Å². The molecule has 2 aromatic rings. The van der Waals surface area contributed by atoms with Crippen LogP contribution in [0.15, 0.2) is 28.9 Å². The maximum Gasteiger partial charge on any atom is 0.161 e. The molecule has 0 saturated heterocycles. The molecule has 4 nitrogen and oxygen atoms in total. The highest BCUT2D eigenvalue weighted by molar-refractivity contribution is 9.10. The van der Waals surface area contributed by atoms with Crippen molar-refractivity contribution in [2.24, 2.45) is 7.05 Å². The van der Waals surface area contributed by atoms with E-state index in [0.29, 0.717) is 10.2 Å². The first-order valence-corrected chi connectivity index (χ1v) is 7.62. The van der Waals surface area contributed by atoms with Gasteiger partial charge in [0.2, 0.25) is 0 Å². The monoisotopic (exact) mass is 355 g/mol. The zero-order valence-corrected chi connectivity index (χ0v) is 13.9. The Hall–Kier alpha value is -1.40. The van der Waals surface area contributed by atoms with Crippen LogP contribution in [0.2, 0.25) is 0 Å². The van der Waals surface area contributed by atoms with E-state index in [1.54, 1.807) is 30.1 Å². The van der Waals surface area contributed by atoms with Gasteiger partial charge in [0.25, 0.3) is 0 Å². The molecule has 0 amide bonds. The van der Waals surface area contributed by atoms with E-state index in [0.717, 1.165) is 24.2 Å². The third kappa shape index (κ3) is 3.44. The molecule has 0 spiro atoms. The van der Waals surface area contributed by atoms with Crippen LogP contribution in [0.4, 0.5) is 4.39 Å². The van der Waals surface area contributed by atoms with Gasteiger partial charge in [0.15, 0.2) is 5.75 Å². The van der Waals surface area contributed by atoms with Crippen molar-refractivity contribution in [3.63, 3.8) is 0 Å². The Bertz CT molecular complexity index is 615. The number of aryl methyl sites for hydroxylation is 1. The second kappa shape index (κ2) is 7.04. The van der Waals surface area contributed by atoms with Crippen molar-refractivity contribution in [1.29, 1.82) is 0 Å². The minimum Gasteiger partial charge on any atom is -0.493 e. The summed E-state index contributed by atoms with van der Waals surface area (Å²) >= 11 is 3.24. The second-order valence-electron chi connectivity index (χ2n) is 4.78. The van der Waals surface area contributed by atoms with E-state index in [2.05, 4.69) is 33.3 Å². The van der Waals surface area contributed by atoms with Gasteiger partial charge in [-0.25, -0.2) is 4.39 Å². The van der Waals surface area contributed by atoms with E-state index < -0.39 is 0 Å². The number of aromatic nitrogens is 2. The first kappa shape index (κ1) is 16.0. The lowest BCUT2D eigenvalue weighted by atomic mass is 10.0. The van der Waals surface area contributed by atoms with E-state index in [1.807, 2.05) is 7.05 Å². The molecule has 1 heterocycles. The first-order valence-electron chi connectivity index (χ1n) is 6.82. The molecule has 1 aromatic carbocycles. The largest absolute Gasteiger partial charge is 0.493 e. The predicted molar refractivity (Wildman–Crippen MR) is 84.0 cm³/mol. The van der Waals surface area contributed by atoms with Crippen LogP contribution in [0.5, 0.6) is 5.75 Å². The van der Waals surface area contributed by atoms with Gasteiger partial charge in [0.05, 0.1) is 23.8 Å². The van der Waals surface area contributed by atoms with Gasteiger partial charge in [-0.15, -0.1) is 0 Å². The Labute approximate surface area is 132 Å². The topological polar surface area (TPSA) is 39.1 Å². The van der Waals surface area contributed by atoms with Gasteiger partial charge in [-0.2, -0.15) is 5.10 Å². The minimum absolute atomic E-state index is 0.107. The summed E-state index contributed by atoms with van der Waals surface area (Å²) in [7, 11) is 3.50. The maximum atomic E-state index is 13.5. The molecule has 2 rings (SSSR count). The van der Waals surface area contributed by atoms with Crippen molar-refractivity contribution >= 4 is 15.9 Å². The number of hydrogen-bond acceptors (Lipinski definition) is 3. The van der Waals surface area contributed by atoms with Crippen LogP contribution in [0.25, 0.3) is 0 Å². The fourth-order valence-electron chi connectivity index (χ4n) is 2.27. The molecule has 0 saturated carbocycles. The highest BCUT2D eigenvalue weighted by Crippen LogP contribution is 2.31. The van der Waals surface area contributed by atoms with Crippen molar-refractivity contribution in [2.45, 2.75) is 19.4 Å². The first-order chi connectivity index (χ1) is 10.1. The Morgan fingerprint density at radius 3 is 2.86 bits per heavy atom. The fraction of sp³-hybridized carbons (Fsp3) is 0.400. The molecule has 0 radical (unpaired) electrons. The average molecular weight is 356 g/mol. The van der Waals surface area contributed by atoms with Crippen LogP contribution < -0.4 is 10.1 Å². The number of nitrogens with one attached hydrogen (secondary N) is 1. The number of benzene rings is 1. The van der Waals surface area contributed by atoms with Crippen LogP contribution in [-0.2, 0) is 7.05 Å². The number of halogens is 2. The van der Waals surface area contributed by atoms with Crippen LogP contribution in [0.1, 0.15) is 30.6 Å². The number of rotatable bonds is 6. The molecule has 0 aliphatic carbocycles. The van der Waals surface area contributed by atoms with E-state index in [4.69, 9.17) is 4.74 Å². The van der Waals surface area contributed by atoms with E-state index in [-0.39, 0.29) is 11.9 Å². The third-order valence-electron chi connectivity index (χ3n) is 3.32. The zero-order chi connectivity index (χ0) is 15.4. The van der Waals surface area contributed by atoms with Gasteiger partial charge in [-0.3, -0.25) is 4.68 Å². The third-order valence-corrected chi connectivity index (χ3v) is 3.93. The molecule has 0 aliphatic heterocycles. The van der Waals surface area contributed by atoms with Gasteiger partial charge in [-0.1, -0.05) is 13.0 Å². The minimum atomic E-state index is -0.273. The molecule has 1 atom stereocenters. The van der Waals surface area contributed by atoms with Crippen molar-refractivity contribution in [3.8, 4) is 5.75 Å². The van der Waals surface area contributed by atoms with E-state index >= 15 is 0 Å². The lowest BCUT2D eigenvalue weighted by Gasteiger charge is -2.21. The molecular weight excluding hydrogens is 337 g/mol. The zero-order valence-electron chi connectivity index (χ0n) is 12.4. The number of ether oxygens (including phenoxy) is 1. The Morgan fingerprint density at radius 2 is 2.24 bits per heavy atom. The smallest absolute Gasteiger partial charge is 0.161 e. The van der Waals surface area contributed by atoms with Crippen LogP contribution in [0.3, 0.4) is 0 Å². The van der Waals surface area contributed by atoms with Gasteiger partial charge in [-0.05, 0) is 46.6 Å². The normalized spacial score (nSPS) is 12.4. The lowest BCUT2D eigenvalue weighted by molar-refractivity contribution is 0.400. The summed E-state index contributed by atoms with van der Waals surface area (Å²) in [6, 6.07) is 4.92. The lowest BCUT2D eigenvalue weighted by Crippen LogP contribution is -2.25. The average Bonchev–Trinajstić information content (AvgIpc) is 2.84. The Balaban J connectivity index is 2.46. The van der Waals surface area contributed by atoms with Gasteiger partial charge >= 0.3 is 0 Å². The van der Waals surface area contributed by atoms with Gasteiger partial charge < -0.3 is 10.1 Å². The second-order valence-corrected chi connectivity index (χ2v) is 5.64. The van der Waals surface area contributed by atoms with E-state index in [9.17, 15) is 4.39 Å². The fourth-order valence-corrected chi connectivity index (χ4v) is 2.66. The maximum absolute atomic E-state index is 13.5. The van der Waals surface area contributed by atoms with Crippen LogP contribution in [0, 0.1) is 5.82 Å². The summed E-state index contributed by atoms with van der Waals surface area (Å²) in [5, 5.41) is 7.71. The summed E-state index contributed by atoms with van der Waals surface area (Å²) in [6.07, 6.45) is 2.69.